The quantitative estimate of drug-likeness (QED) is 0.511. The third-order valence-electron chi connectivity index (χ3n) is 9.13. The number of allylic oxidation sites excluding steroid dienone is 1. The first-order valence-electron chi connectivity index (χ1n) is 13.8. The molecule has 4 heterocycles. The van der Waals surface area contributed by atoms with Crippen molar-refractivity contribution in [3.05, 3.63) is 34.5 Å². The lowest BCUT2D eigenvalue weighted by molar-refractivity contribution is 0.0955. The molecule has 31 heavy (non-hydrogen) atoms. The molecule has 0 aromatic rings. The molecule has 172 valence electrons. The average molecular weight is 446 g/mol. The number of hydrogen-bond acceptors (Lipinski definition) is 4. The van der Waals surface area contributed by atoms with Crippen LogP contribution in [0.5, 0.6) is 0 Å². The molecule has 5 rings (SSSR count). The Balaban J connectivity index is 1.36. The molecule has 2 N–H and O–H groups in total. The fraction of sp³-hybridized carbons (Fsp3) is 0.778. The fourth-order valence-electron chi connectivity index (χ4n) is 6.32. The second-order valence-corrected chi connectivity index (χ2v) is 13.2. The Bertz CT molecular complexity index is 916. The molecule has 2 fully saturated rings. The van der Waals surface area contributed by atoms with E-state index in [1.54, 1.807) is 0 Å². The molecule has 8 atom stereocenters. The molecule has 3 nitrogen and oxygen atoms in total. The van der Waals surface area contributed by atoms with Crippen LogP contribution in [0.4, 0.5) is 0 Å². The van der Waals surface area contributed by atoms with Gasteiger partial charge in [0.25, 0.3) is 0 Å². The van der Waals surface area contributed by atoms with Gasteiger partial charge in [-0.1, -0.05) is 59.8 Å². The summed E-state index contributed by atoms with van der Waals surface area (Å²) in [6.45, 7) is 12.4. The van der Waals surface area contributed by atoms with Crippen LogP contribution in [0, 0.1) is 28.6 Å². The summed E-state index contributed by atoms with van der Waals surface area (Å²) < 4.78 is 29.9. The van der Waals surface area contributed by atoms with Gasteiger partial charge in [0.1, 0.15) is 5.76 Å². The van der Waals surface area contributed by atoms with Gasteiger partial charge in [0.05, 0.1) is 0 Å². The molecule has 0 radical (unpaired) electrons. The van der Waals surface area contributed by atoms with E-state index >= 15 is 0 Å². The molecule has 0 bridgehead atoms. The van der Waals surface area contributed by atoms with Crippen molar-refractivity contribution < 1.29 is 8.85 Å². The van der Waals surface area contributed by atoms with Crippen LogP contribution in [0.3, 0.4) is 0 Å². The van der Waals surface area contributed by atoms with Crippen LogP contribution in [0.1, 0.15) is 78.2 Å². The van der Waals surface area contributed by atoms with Crippen LogP contribution < -0.4 is 10.6 Å². The number of hydrogen-bond donors (Lipinski definition) is 2. The highest BCUT2D eigenvalue weighted by Crippen LogP contribution is 2.57. The Morgan fingerprint density at radius 3 is 2.71 bits per heavy atom. The standard InChI is InChI=1S/C27H42N2OS/c1-15-11-12-18-17-9-8-10-19(23(17)30-25(18)28-15)20-13-14-21-22(29-20)16(2)24(31-21)27(6,7)26(3,4)5/h11-12,14-18,20,22,24-25,28-29H,8-10,13H2,1-7H3/t15-,16+,17+,18?,20-,22?,24?,25+/m1/s1/i1D3. The highest BCUT2D eigenvalue weighted by molar-refractivity contribution is 8.04. The van der Waals surface area contributed by atoms with Crippen LogP contribution >= 0.6 is 11.8 Å². The van der Waals surface area contributed by atoms with E-state index in [1.807, 2.05) is 6.08 Å². The number of nitrogens with one attached hydrogen (secondary N) is 2. The van der Waals surface area contributed by atoms with Crippen molar-refractivity contribution in [2.45, 2.75) is 104 Å². The first kappa shape index (κ1) is 18.7. The van der Waals surface area contributed by atoms with E-state index in [1.165, 1.54) is 16.9 Å². The average Bonchev–Trinajstić information content (AvgIpc) is 3.29. The molecular weight excluding hydrogens is 400 g/mol. The van der Waals surface area contributed by atoms with Gasteiger partial charge in [0.15, 0.2) is 6.23 Å². The molecule has 0 aromatic heterocycles. The van der Waals surface area contributed by atoms with E-state index in [4.69, 9.17) is 8.85 Å². The molecule has 4 aliphatic heterocycles. The van der Waals surface area contributed by atoms with E-state index in [-0.39, 0.29) is 23.0 Å². The Morgan fingerprint density at radius 1 is 1.16 bits per heavy atom. The number of ether oxygens (including phenoxy) is 1. The monoisotopic (exact) mass is 445 g/mol. The first-order valence-corrected chi connectivity index (χ1v) is 13.1. The van der Waals surface area contributed by atoms with Crippen molar-refractivity contribution in [2.24, 2.45) is 28.6 Å². The van der Waals surface area contributed by atoms with Gasteiger partial charge >= 0.3 is 0 Å². The van der Waals surface area contributed by atoms with Crippen molar-refractivity contribution in [2.75, 3.05) is 0 Å². The van der Waals surface area contributed by atoms with Crippen LogP contribution in [0.25, 0.3) is 0 Å². The maximum atomic E-state index is 7.80. The van der Waals surface area contributed by atoms with Gasteiger partial charge < -0.3 is 10.1 Å². The van der Waals surface area contributed by atoms with Crippen LogP contribution in [0.15, 0.2) is 34.5 Å². The molecule has 1 aliphatic carbocycles. The Hall–Kier alpha value is -0.710. The zero-order chi connectivity index (χ0) is 24.6. The summed E-state index contributed by atoms with van der Waals surface area (Å²) in [6, 6.07) is 0.0925. The molecule has 2 saturated heterocycles. The maximum absolute atomic E-state index is 7.80. The molecule has 0 spiro atoms. The summed E-state index contributed by atoms with van der Waals surface area (Å²) in [7, 11) is 0. The SMILES string of the molecule is [2H]C([2H])([2H])[C@@H]1C=CC2[C@@H]3CCCC([C@H]4CC=C5SC(C(C)(C)C(C)(C)C)[C@@H](C)C5N4)=C3O[C@@H]2N1. The molecular formula is C27H42N2OS. The maximum Gasteiger partial charge on any atom is 0.157 e. The minimum Gasteiger partial charge on any atom is -0.479 e. The number of rotatable bonds is 2. The summed E-state index contributed by atoms with van der Waals surface area (Å²) >= 11 is 2.10. The van der Waals surface area contributed by atoms with Crippen LogP contribution in [-0.2, 0) is 4.74 Å². The van der Waals surface area contributed by atoms with Gasteiger partial charge in [0.2, 0.25) is 0 Å². The lowest BCUT2D eigenvalue weighted by Gasteiger charge is -2.45. The van der Waals surface area contributed by atoms with Crippen molar-refractivity contribution in [3.8, 4) is 0 Å². The smallest absolute Gasteiger partial charge is 0.157 e. The van der Waals surface area contributed by atoms with Gasteiger partial charge in [-0.15, -0.1) is 11.8 Å². The largest absolute Gasteiger partial charge is 0.479 e. The minimum atomic E-state index is -2.05. The topological polar surface area (TPSA) is 33.3 Å². The molecule has 4 heteroatoms. The summed E-state index contributed by atoms with van der Waals surface area (Å²) in [5.41, 5.74) is 1.90. The number of thioether (sulfide) groups is 1. The van der Waals surface area contributed by atoms with E-state index in [9.17, 15) is 0 Å². The Labute approximate surface area is 198 Å². The second-order valence-electron chi connectivity index (χ2n) is 11.9. The Kier molecular flexibility index (Phi) is 4.62. The van der Waals surface area contributed by atoms with E-state index in [2.05, 4.69) is 76.1 Å². The third kappa shape index (κ3) is 3.56. The molecule has 3 unspecified atom stereocenters. The Morgan fingerprint density at radius 2 is 1.97 bits per heavy atom. The van der Waals surface area contributed by atoms with Gasteiger partial charge in [-0.2, -0.15) is 0 Å². The van der Waals surface area contributed by atoms with Gasteiger partial charge in [-0.3, -0.25) is 5.32 Å². The van der Waals surface area contributed by atoms with Crippen molar-refractivity contribution in [1.29, 1.82) is 0 Å². The lowest BCUT2D eigenvalue weighted by Crippen LogP contribution is -2.48. The molecule has 0 saturated carbocycles. The third-order valence-corrected chi connectivity index (χ3v) is 11.1. The second kappa shape index (κ2) is 7.67. The minimum absolute atomic E-state index is 0.226. The fourth-order valence-corrected chi connectivity index (χ4v) is 8.26. The van der Waals surface area contributed by atoms with Crippen molar-refractivity contribution in [1.82, 2.24) is 10.6 Å². The highest BCUT2D eigenvalue weighted by Gasteiger charge is 2.52. The van der Waals surface area contributed by atoms with Crippen molar-refractivity contribution in [3.63, 3.8) is 0 Å². The van der Waals surface area contributed by atoms with E-state index in [0.29, 0.717) is 29.2 Å². The highest BCUT2D eigenvalue weighted by atomic mass is 32.2. The van der Waals surface area contributed by atoms with Crippen LogP contribution in [-0.4, -0.2) is 29.6 Å². The van der Waals surface area contributed by atoms with Gasteiger partial charge in [0, 0.05) is 39.3 Å². The van der Waals surface area contributed by atoms with E-state index in [0.717, 1.165) is 25.0 Å². The first-order chi connectivity index (χ1) is 15.8. The van der Waals surface area contributed by atoms with Crippen molar-refractivity contribution >= 4 is 11.8 Å². The summed E-state index contributed by atoms with van der Waals surface area (Å²) in [4.78, 5) is 1.52. The van der Waals surface area contributed by atoms with E-state index < -0.39 is 12.9 Å². The summed E-state index contributed by atoms with van der Waals surface area (Å²) in [6.07, 6.45) is 10.6. The summed E-state index contributed by atoms with van der Waals surface area (Å²) in [5.74, 6) is 2.31. The molecule has 0 amide bonds. The van der Waals surface area contributed by atoms with Crippen LogP contribution in [0.2, 0.25) is 0 Å². The van der Waals surface area contributed by atoms with Gasteiger partial charge in [-0.05, 0) is 59.8 Å². The lowest BCUT2D eigenvalue weighted by atomic mass is 9.64. The predicted octanol–water partition coefficient (Wildman–Crippen LogP) is 6.00. The summed E-state index contributed by atoms with van der Waals surface area (Å²) in [5, 5.41) is 7.92. The zero-order valence-electron chi connectivity index (χ0n) is 23.0. The molecule has 5 aliphatic rings. The van der Waals surface area contributed by atoms with Gasteiger partial charge in [-0.25, -0.2) is 0 Å². The normalized spacial score (nSPS) is 44.5. The number of fused-ring (bicyclic) bond motifs is 4. The zero-order valence-corrected chi connectivity index (χ0v) is 20.8. The predicted molar refractivity (Wildman–Crippen MR) is 132 cm³/mol. The molecule has 0 aromatic carbocycles.